The fourth-order valence-corrected chi connectivity index (χ4v) is 4.15. The Labute approximate surface area is 177 Å². The van der Waals surface area contributed by atoms with Crippen LogP contribution in [0.25, 0.3) is 0 Å². The van der Waals surface area contributed by atoms with Crippen LogP contribution < -0.4 is 10.2 Å². The van der Waals surface area contributed by atoms with Crippen LogP contribution in [0.2, 0.25) is 0 Å². The van der Waals surface area contributed by atoms with E-state index in [9.17, 15) is 9.59 Å². The van der Waals surface area contributed by atoms with Crippen LogP contribution >= 0.6 is 0 Å². The highest BCUT2D eigenvalue weighted by Gasteiger charge is 2.25. The number of amides is 2. The number of rotatable bonds is 4. The lowest BCUT2D eigenvalue weighted by Crippen LogP contribution is -2.49. The number of hydrogen-bond acceptors (Lipinski definition) is 4. The van der Waals surface area contributed by atoms with E-state index >= 15 is 0 Å². The zero-order chi connectivity index (χ0) is 21.1. The molecule has 1 N–H and O–H groups in total. The summed E-state index contributed by atoms with van der Waals surface area (Å²) in [7, 11) is 0. The molecule has 2 fully saturated rings. The van der Waals surface area contributed by atoms with E-state index < -0.39 is 0 Å². The van der Waals surface area contributed by atoms with E-state index in [1.165, 1.54) is 16.8 Å². The van der Waals surface area contributed by atoms with Crippen LogP contribution in [0, 0.1) is 13.8 Å². The summed E-state index contributed by atoms with van der Waals surface area (Å²) >= 11 is 0. The van der Waals surface area contributed by atoms with Crippen LogP contribution in [0.4, 0.5) is 11.4 Å². The van der Waals surface area contributed by atoms with Gasteiger partial charge in [0.05, 0.1) is 0 Å². The van der Waals surface area contributed by atoms with Crippen LogP contribution in [0.1, 0.15) is 34.3 Å². The van der Waals surface area contributed by atoms with Crippen LogP contribution in [0.3, 0.4) is 0 Å². The first-order valence-corrected chi connectivity index (χ1v) is 10.7. The molecule has 1 atom stereocenters. The summed E-state index contributed by atoms with van der Waals surface area (Å²) in [6.07, 6.45) is 1.27. The molecule has 6 nitrogen and oxygen atoms in total. The smallest absolute Gasteiger partial charge is 0.254 e. The van der Waals surface area contributed by atoms with Gasteiger partial charge in [0.2, 0.25) is 0 Å². The third kappa shape index (κ3) is 4.33. The lowest BCUT2D eigenvalue weighted by molar-refractivity contribution is -0.124. The van der Waals surface area contributed by atoms with Crippen molar-refractivity contribution in [1.82, 2.24) is 4.90 Å². The number of anilines is 2. The minimum absolute atomic E-state index is 0.00355. The lowest BCUT2D eigenvalue weighted by atomic mass is 10.1. The Bertz CT molecular complexity index is 929. The quantitative estimate of drug-likeness (QED) is 0.844. The van der Waals surface area contributed by atoms with Gasteiger partial charge in [0.1, 0.15) is 6.10 Å². The van der Waals surface area contributed by atoms with Crippen LogP contribution in [0.15, 0.2) is 42.5 Å². The number of piperazine rings is 1. The van der Waals surface area contributed by atoms with E-state index in [-0.39, 0.29) is 17.9 Å². The third-order valence-electron chi connectivity index (χ3n) is 6.08. The molecule has 4 rings (SSSR count). The molecule has 2 heterocycles. The normalized spacial score (nSPS) is 19.1. The summed E-state index contributed by atoms with van der Waals surface area (Å²) in [6.45, 7) is 7.89. The highest BCUT2D eigenvalue weighted by molar-refractivity contribution is 5.98. The molecule has 2 aromatic rings. The molecule has 2 aromatic carbocycles. The maximum atomic E-state index is 13.0. The van der Waals surface area contributed by atoms with Gasteiger partial charge in [-0.1, -0.05) is 18.2 Å². The minimum Gasteiger partial charge on any atom is -0.368 e. The Morgan fingerprint density at radius 3 is 2.53 bits per heavy atom. The fraction of sp³-hybridized carbons (Fsp3) is 0.417. The largest absolute Gasteiger partial charge is 0.368 e. The first kappa shape index (κ1) is 20.4. The van der Waals surface area contributed by atoms with Crippen LogP contribution in [-0.2, 0) is 9.53 Å². The SMILES string of the molecule is Cc1cccc(N2CCN(C(=O)c3cccc(NC(=O)[C@H]4CCCO4)c3)CC2)c1C. The number of ether oxygens (including phenoxy) is 1. The van der Waals surface area contributed by atoms with Gasteiger partial charge in [-0.2, -0.15) is 0 Å². The topological polar surface area (TPSA) is 61.9 Å². The van der Waals surface area contributed by atoms with Crippen LogP contribution in [0.5, 0.6) is 0 Å². The van der Waals surface area contributed by atoms with E-state index in [2.05, 4.69) is 42.3 Å². The fourth-order valence-electron chi connectivity index (χ4n) is 4.15. The van der Waals surface area contributed by atoms with Gasteiger partial charge in [-0.25, -0.2) is 0 Å². The molecular weight excluding hydrogens is 378 g/mol. The standard InChI is InChI=1S/C24H29N3O3/c1-17-6-3-9-21(18(17)2)26-11-13-27(14-12-26)24(29)19-7-4-8-20(16-19)25-23(28)22-10-5-15-30-22/h3-4,6-9,16,22H,5,10-15H2,1-2H3,(H,25,28)/t22-/m1/s1. The summed E-state index contributed by atoms with van der Waals surface area (Å²) in [5.41, 5.74) is 5.07. The van der Waals surface area contributed by atoms with Crippen molar-refractivity contribution in [3.63, 3.8) is 0 Å². The number of aryl methyl sites for hydroxylation is 1. The molecule has 2 saturated heterocycles. The highest BCUT2D eigenvalue weighted by Crippen LogP contribution is 2.24. The molecule has 2 aliphatic rings. The Hall–Kier alpha value is -2.86. The lowest BCUT2D eigenvalue weighted by Gasteiger charge is -2.37. The number of nitrogens with one attached hydrogen (secondary N) is 1. The van der Waals surface area contributed by atoms with E-state index in [0.717, 1.165) is 25.9 Å². The number of benzene rings is 2. The number of carbonyl (C=O) groups excluding carboxylic acids is 2. The molecule has 6 heteroatoms. The van der Waals surface area contributed by atoms with Crippen molar-refractivity contribution in [1.29, 1.82) is 0 Å². The molecule has 0 aliphatic carbocycles. The third-order valence-corrected chi connectivity index (χ3v) is 6.08. The predicted octanol–water partition coefficient (Wildman–Crippen LogP) is 3.38. The Kier molecular flexibility index (Phi) is 6.04. The van der Waals surface area contributed by atoms with Gasteiger partial charge >= 0.3 is 0 Å². The Balaban J connectivity index is 1.38. The summed E-state index contributed by atoms with van der Waals surface area (Å²) in [6, 6.07) is 13.6. The monoisotopic (exact) mass is 407 g/mol. The van der Waals surface area contributed by atoms with Crippen molar-refractivity contribution in [2.24, 2.45) is 0 Å². The molecule has 0 unspecified atom stereocenters. The van der Waals surface area contributed by atoms with Crippen molar-refractivity contribution in [2.45, 2.75) is 32.8 Å². The van der Waals surface area contributed by atoms with E-state index in [4.69, 9.17) is 4.74 Å². The van der Waals surface area contributed by atoms with Crippen molar-refractivity contribution < 1.29 is 14.3 Å². The number of hydrogen-bond donors (Lipinski definition) is 1. The summed E-state index contributed by atoms with van der Waals surface area (Å²) in [5, 5.41) is 2.88. The summed E-state index contributed by atoms with van der Waals surface area (Å²) in [5.74, 6) is -0.136. The maximum Gasteiger partial charge on any atom is 0.254 e. The van der Waals surface area contributed by atoms with Gasteiger partial charge in [0.15, 0.2) is 0 Å². The Morgan fingerprint density at radius 1 is 1.03 bits per heavy atom. The Morgan fingerprint density at radius 2 is 1.80 bits per heavy atom. The van der Waals surface area contributed by atoms with Gasteiger partial charge < -0.3 is 19.9 Å². The van der Waals surface area contributed by atoms with Crippen molar-refractivity contribution >= 4 is 23.2 Å². The first-order chi connectivity index (χ1) is 14.5. The summed E-state index contributed by atoms with van der Waals surface area (Å²) < 4.78 is 5.43. The van der Waals surface area contributed by atoms with E-state index in [1.54, 1.807) is 12.1 Å². The second-order valence-corrected chi connectivity index (χ2v) is 8.07. The molecule has 2 amide bonds. The molecule has 0 aromatic heterocycles. The van der Waals surface area contributed by atoms with E-state index in [0.29, 0.717) is 30.9 Å². The minimum atomic E-state index is -0.387. The predicted molar refractivity (Wildman–Crippen MR) is 118 cm³/mol. The second kappa shape index (κ2) is 8.88. The van der Waals surface area contributed by atoms with Crippen molar-refractivity contribution in [3.05, 3.63) is 59.2 Å². The highest BCUT2D eigenvalue weighted by atomic mass is 16.5. The van der Waals surface area contributed by atoms with Gasteiger partial charge in [-0.15, -0.1) is 0 Å². The van der Waals surface area contributed by atoms with Crippen LogP contribution in [-0.4, -0.2) is 55.6 Å². The van der Waals surface area contributed by atoms with Gasteiger partial charge in [0.25, 0.3) is 11.8 Å². The molecule has 0 saturated carbocycles. The van der Waals surface area contributed by atoms with E-state index in [1.807, 2.05) is 17.0 Å². The maximum absolute atomic E-state index is 13.0. The average Bonchev–Trinajstić information content (AvgIpc) is 3.31. The molecule has 158 valence electrons. The first-order valence-electron chi connectivity index (χ1n) is 10.7. The molecule has 0 spiro atoms. The van der Waals surface area contributed by atoms with Crippen molar-refractivity contribution in [3.8, 4) is 0 Å². The average molecular weight is 408 g/mol. The zero-order valence-corrected chi connectivity index (χ0v) is 17.7. The van der Waals surface area contributed by atoms with Gasteiger partial charge in [-0.05, 0) is 62.1 Å². The second-order valence-electron chi connectivity index (χ2n) is 8.07. The van der Waals surface area contributed by atoms with Gasteiger partial charge in [0, 0.05) is 49.7 Å². The molecule has 30 heavy (non-hydrogen) atoms. The zero-order valence-electron chi connectivity index (χ0n) is 17.7. The number of carbonyl (C=O) groups is 2. The van der Waals surface area contributed by atoms with Gasteiger partial charge in [-0.3, -0.25) is 9.59 Å². The molecular formula is C24H29N3O3. The molecule has 0 radical (unpaired) electrons. The summed E-state index contributed by atoms with van der Waals surface area (Å²) in [4.78, 5) is 29.6. The van der Waals surface area contributed by atoms with Crippen molar-refractivity contribution in [2.75, 3.05) is 43.0 Å². The molecule has 2 aliphatic heterocycles. The number of nitrogens with zero attached hydrogens (tertiary/aromatic N) is 2. The molecule has 0 bridgehead atoms.